The fourth-order valence-corrected chi connectivity index (χ4v) is 2.00. The Balaban J connectivity index is 2.42. The van der Waals surface area contributed by atoms with Crippen LogP contribution in [0, 0.1) is 0 Å². The Morgan fingerprint density at radius 3 is 2.00 bits per heavy atom. The molecule has 1 rings (SSSR count). The Kier molecular flexibility index (Phi) is 5.38. The number of esters is 1. The summed E-state index contributed by atoms with van der Waals surface area (Å²) in [4.78, 5) is 11.6. The van der Waals surface area contributed by atoms with E-state index < -0.39 is 0 Å². The SMILES string of the molecule is CC(C)(C)OC(=O)CCCc1ccc(C(C)(C)C)cc1. The van der Waals surface area contributed by atoms with Gasteiger partial charge in [-0.3, -0.25) is 4.79 Å². The molecule has 0 radical (unpaired) electrons. The van der Waals surface area contributed by atoms with Crippen LogP contribution in [-0.2, 0) is 21.4 Å². The van der Waals surface area contributed by atoms with E-state index in [0.29, 0.717) is 6.42 Å². The minimum atomic E-state index is -0.383. The van der Waals surface area contributed by atoms with E-state index in [2.05, 4.69) is 45.0 Å². The summed E-state index contributed by atoms with van der Waals surface area (Å²) in [5, 5.41) is 0. The maximum atomic E-state index is 11.6. The third kappa shape index (κ3) is 6.23. The predicted octanol–water partition coefficient (Wildman–Crippen LogP) is 4.65. The normalized spacial score (nSPS) is 12.3. The topological polar surface area (TPSA) is 26.3 Å². The highest BCUT2D eigenvalue weighted by atomic mass is 16.6. The Labute approximate surface area is 123 Å². The molecule has 0 N–H and O–H groups in total. The Bertz CT molecular complexity index is 430. The Hall–Kier alpha value is -1.31. The van der Waals surface area contributed by atoms with E-state index in [0.717, 1.165) is 12.8 Å². The lowest BCUT2D eigenvalue weighted by atomic mass is 9.86. The zero-order chi connectivity index (χ0) is 15.4. The first-order chi connectivity index (χ1) is 9.08. The summed E-state index contributed by atoms with van der Waals surface area (Å²) in [7, 11) is 0. The molecule has 0 aromatic heterocycles. The fraction of sp³-hybridized carbons (Fsp3) is 0.611. The van der Waals surface area contributed by atoms with Crippen LogP contribution in [0.5, 0.6) is 0 Å². The number of carbonyl (C=O) groups is 1. The van der Waals surface area contributed by atoms with Crippen molar-refractivity contribution in [3.63, 3.8) is 0 Å². The van der Waals surface area contributed by atoms with Gasteiger partial charge in [0.1, 0.15) is 5.60 Å². The summed E-state index contributed by atoms with van der Waals surface area (Å²) in [5.41, 5.74) is 2.43. The van der Waals surface area contributed by atoms with Gasteiger partial charge >= 0.3 is 5.97 Å². The van der Waals surface area contributed by atoms with Crippen molar-refractivity contribution in [1.82, 2.24) is 0 Å². The van der Waals surface area contributed by atoms with E-state index in [-0.39, 0.29) is 17.0 Å². The molecule has 0 saturated heterocycles. The third-order valence-electron chi connectivity index (χ3n) is 3.09. The molecule has 0 saturated carbocycles. The van der Waals surface area contributed by atoms with Crippen LogP contribution in [-0.4, -0.2) is 11.6 Å². The summed E-state index contributed by atoms with van der Waals surface area (Å²) in [6.07, 6.45) is 2.24. The van der Waals surface area contributed by atoms with E-state index in [4.69, 9.17) is 4.74 Å². The second kappa shape index (κ2) is 6.43. The first kappa shape index (κ1) is 16.7. The van der Waals surface area contributed by atoms with Gasteiger partial charge in [-0.1, -0.05) is 45.0 Å². The summed E-state index contributed by atoms with van der Waals surface area (Å²) in [5.74, 6) is -0.108. The molecule has 1 aromatic rings. The molecule has 0 unspecified atom stereocenters. The van der Waals surface area contributed by atoms with Crippen LogP contribution in [0.15, 0.2) is 24.3 Å². The standard InChI is InChI=1S/C18H28O2/c1-17(2,3)15-12-10-14(11-13-15)8-7-9-16(19)20-18(4,5)6/h10-13H,7-9H2,1-6H3. The van der Waals surface area contributed by atoms with Crippen LogP contribution in [0.3, 0.4) is 0 Å². The van der Waals surface area contributed by atoms with Crippen molar-refractivity contribution < 1.29 is 9.53 Å². The molecule has 0 bridgehead atoms. The first-order valence-electron chi connectivity index (χ1n) is 7.39. The Morgan fingerprint density at radius 2 is 1.55 bits per heavy atom. The van der Waals surface area contributed by atoms with Crippen LogP contribution < -0.4 is 0 Å². The third-order valence-corrected chi connectivity index (χ3v) is 3.09. The molecule has 0 aliphatic carbocycles. The summed E-state index contributed by atoms with van der Waals surface area (Å²) < 4.78 is 5.30. The average molecular weight is 276 g/mol. The number of hydrogen-bond donors (Lipinski definition) is 0. The van der Waals surface area contributed by atoms with Crippen LogP contribution in [0.2, 0.25) is 0 Å². The van der Waals surface area contributed by atoms with Gasteiger partial charge in [0.05, 0.1) is 0 Å². The van der Waals surface area contributed by atoms with Crippen molar-refractivity contribution >= 4 is 5.97 Å². The molecule has 112 valence electrons. The van der Waals surface area contributed by atoms with Crippen molar-refractivity contribution in [2.45, 2.75) is 71.8 Å². The maximum absolute atomic E-state index is 11.6. The Morgan fingerprint density at radius 1 is 1.00 bits per heavy atom. The van der Waals surface area contributed by atoms with Gasteiger partial charge < -0.3 is 4.74 Å². The number of hydrogen-bond acceptors (Lipinski definition) is 2. The summed E-state index contributed by atoms with van der Waals surface area (Å²) >= 11 is 0. The molecular formula is C18H28O2. The lowest BCUT2D eigenvalue weighted by molar-refractivity contribution is -0.154. The predicted molar refractivity (Wildman–Crippen MR) is 83.9 cm³/mol. The lowest BCUT2D eigenvalue weighted by Gasteiger charge is -2.20. The highest BCUT2D eigenvalue weighted by molar-refractivity contribution is 5.69. The van der Waals surface area contributed by atoms with E-state index in [1.54, 1.807) is 0 Å². The second-order valence-corrected chi connectivity index (χ2v) is 7.39. The van der Waals surface area contributed by atoms with Gasteiger partial charge in [0.15, 0.2) is 0 Å². The van der Waals surface area contributed by atoms with E-state index in [9.17, 15) is 4.79 Å². The number of ether oxygens (including phenoxy) is 1. The van der Waals surface area contributed by atoms with Crippen LogP contribution in [0.4, 0.5) is 0 Å². The van der Waals surface area contributed by atoms with Gasteiger partial charge in [-0.25, -0.2) is 0 Å². The van der Waals surface area contributed by atoms with Gasteiger partial charge in [-0.05, 0) is 50.2 Å². The molecule has 0 aliphatic heterocycles. The van der Waals surface area contributed by atoms with Crippen LogP contribution in [0.1, 0.15) is 65.5 Å². The molecule has 1 aromatic carbocycles. The molecule has 2 nitrogen and oxygen atoms in total. The van der Waals surface area contributed by atoms with E-state index >= 15 is 0 Å². The van der Waals surface area contributed by atoms with E-state index in [1.165, 1.54) is 11.1 Å². The molecule has 0 fully saturated rings. The number of benzene rings is 1. The highest BCUT2D eigenvalue weighted by Gasteiger charge is 2.16. The summed E-state index contributed by atoms with van der Waals surface area (Å²) in [6, 6.07) is 8.69. The fourth-order valence-electron chi connectivity index (χ4n) is 2.00. The highest BCUT2D eigenvalue weighted by Crippen LogP contribution is 2.22. The average Bonchev–Trinajstić information content (AvgIpc) is 2.26. The monoisotopic (exact) mass is 276 g/mol. The first-order valence-corrected chi connectivity index (χ1v) is 7.39. The molecule has 0 aliphatic rings. The molecule has 0 heterocycles. The van der Waals surface area contributed by atoms with Gasteiger partial charge in [0, 0.05) is 6.42 Å². The zero-order valence-corrected chi connectivity index (χ0v) is 13.7. The lowest BCUT2D eigenvalue weighted by Crippen LogP contribution is -2.23. The summed E-state index contributed by atoms with van der Waals surface area (Å²) in [6.45, 7) is 12.3. The van der Waals surface area contributed by atoms with Gasteiger partial charge in [-0.15, -0.1) is 0 Å². The molecule has 0 amide bonds. The second-order valence-electron chi connectivity index (χ2n) is 7.39. The maximum Gasteiger partial charge on any atom is 0.306 e. The number of aryl methyl sites for hydroxylation is 1. The quantitative estimate of drug-likeness (QED) is 0.748. The molecular weight excluding hydrogens is 248 g/mol. The number of carbonyl (C=O) groups excluding carboxylic acids is 1. The number of rotatable bonds is 4. The van der Waals surface area contributed by atoms with Crippen LogP contribution in [0.25, 0.3) is 0 Å². The minimum Gasteiger partial charge on any atom is -0.460 e. The largest absolute Gasteiger partial charge is 0.460 e. The molecule has 20 heavy (non-hydrogen) atoms. The van der Waals surface area contributed by atoms with Crippen molar-refractivity contribution in [1.29, 1.82) is 0 Å². The van der Waals surface area contributed by atoms with Gasteiger partial charge in [0.2, 0.25) is 0 Å². The van der Waals surface area contributed by atoms with Crippen molar-refractivity contribution in [2.24, 2.45) is 0 Å². The van der Waals surface area contributed by atoms with Crippen LogP contribution >= 0.6 is 0 Å². The smallest absolute Gasteiger partial charge is 0.306 e. The zero-order valence-electron chi connectivity index (χ0n) is 13.7. The molecule has 2 heteroatoms. The van der Waals surface area contributed by atoms with Crippen molar-refractivity contribution in [3.8, 4) is 0 Å². The van der Waals surface area contributed by atoms with Crippen molar-refractivity contribution in [2.75, 3.05) is 0 Å². The molecule has 0 spiro atoms. The molecule has 0 atom stereocenters. The van der Waals surface area contributed by atoms with Crippen molar-refractivity contribution in [3.05, 3.63) is 35.4 Å². The van der Waals surface area contributed by atoms with E-state index in [1.807, 2.05) is 20.8 Å². The minimum absolute atomic E-state index is 0.108. The van der Waals surface area contributed by atoms with Gasteiger partial charge in [-0.2, -0.15) is 0 Å². The van der Waals surface area contributed by atoms with Gasteiger partial charge in [0.25, 0.3) is 0 Å².